The van der Waals surface area contributed by atoms with Crippen LogP contribution in [0.2, 0.25) is 0 Å². The van der Waals surface area contributed by atoms with Crippen molar-refractivity contribution in [2.24, 2.45) is 0 Å². The van der Waals surface area contributed by atoms with Gasteiger partial charge in [-0.05, 0) is 60.3 Å². The summed E-state index contributed by atoms with van der Waals surface area (Å²) in [5.41, 5.74) is 7.41. The van der Waals surface area contributed by atoms with Crippen LogP contribution in [0.4, 0.5) is 5.69 Å². The van der Waals surface area contributed by atoms with Crippen molar-refractivity contribution in [2.45, 2.75) is 26.2 Å². The molecule has 0 aliphatic heterocycles. The highest BCUT2D eigenvalue weighted by Crippen LogP contribution is 2.12. The fourth-order valence-electron chi connectivity index (χ4n) is 2.00. The highest BCUT2D eigenvalue weighted by molar-refractivity contribution is 7.80. The summed E-state index contributed by atoms with van der Waals surface area (Å²) in [7, 11) is 0. The molecule has 1 aromatic carbocycles. The van der Waals surface area contributed by atoms with E-state index in [1.165, 1.54) is 24.5 Å². The minimum absolute atomic E-state index is 0.262. The van der Waals surface area contributed by atoms with Gasteiger partial charge in [-0.15, -0.1) is 11.3 Å². The highest BCUT2D eigenvalue weighted by Gasteiger charge is 2.00. The number of thiocarbonyl (C=S) groups is 1. The van der Waals surface area contributed by atoms with Gasteiger partial charge < -0.3 is 5.32 Å². The van der Waals surface area contributed by atoms with E-state index in [-0.39, 0.29) is 5.91 Å². The van der Waals surface area contributed by atoms with Crippen molar-refractivity contribution in [2.75, 3.05) is 5.32 Å². The normalized spacial score (nSPS) is 10.5. The number of aryl methyl sites for hydroxylation is 1. The zero-order chi connectivity index (χ0) is 17.2. The van der Waals surface area contributed by atoms with Crippen LogP contribution in [0.1, 0.15) is 30.2 Å². The Morgan fingerprint density at radius 3 is 2.67 bits per heavy atom. The standard InChI is InChI=1S/C18H21N3OS2/c1-2-3-5-14-7-9-15(10-8-14)19-18(23)21-20-17(22)12-11-16-6-4-13-24-16/h4,6-13H,2-3,5H2,1H3,(H,20,22)(H2,19,21,23)/b12-11+. The molecular formula is C18H21N3OS2. The van der Waals surface area contributed by atoms with Crippen LogP contribution < -0.4 is 16.2 Å². The molecular weight excluding hydrogens is 338 g/mol. The lowest BCUT2D eigenvalue weighted by molar-refractivity contribution is -0.116. The van der Waals surface area contributed by atoms with Gasteiger partial charge in [-0.3, -0.25) is 15.6 Å². The zero-order valence-corrected chi connectivity index (χ0v) is 15.2. The van der Waals surface area contributed by atoms with E-state index in [0.717, 1.165) is 17.0 Å². The smallest absolute Gasteiger partial charge is 0.262 e. The molecule has 2 rings (SSSR count). The number of anilines is 1. The summed E-state index contributed by atoms with van der Waals surface area (Å²) in [4.78, 5) is 12.7. The van der Waals surface area contributed by atoms with Gasteiger partial charge in [-0.1, -0.05) is 31.5 Å². The Balaban J connectivity index is 1.73. The van der Waals surface area contributed by atoms with Crippen molar-refractivity contribution < 1.29 is 4.79 Å². The van der Waals surface area contributed by atoms with Gasteiger partial charge in [0.2, 0.25) is 0 Å². The first kappa shape index (κ1) is 18.2. The fraction of sp³-hybridized carbons (Fsp3) is 0.222. The third-order valence-electron chi connectivity index (χ3n) is 3.27. The number of nitrogens with one attached hydrogen (secondary N) is 3. The van der Waals surface area contributed by atoms with E-state index in [1.807, 2.05) is 29.6 Å². The maximum Gasteiger partial charge on any atom is 0.262 e. The van der Waals surface area contributed by atoms with E-state index in [9.17, 15) is 4.79 Å². The molecule has 4 nitrogen and oxygen atoms in total. The second-order valence-corrected chi connectivity index (χ2v) is 6.61. The number of carbonyl (C=O) groups is 1. The number of thiophene rings is 1. The van der Waals surface area contributed by atoms with E-state index in [1.54, 1.807) is 17.4 Å². The predicted octanol–water partition coefficient (Wildman–Crippen LogP) is 4.12. The second kappa shape index (κ2) is 9.85. The van der Waals surface area contributed by atoms with E-state index in [0.29, 0.717) is 5.11 Å². The molecule has 24 heavy (non-hydrogen) atoms. The molecule has 1 heterocycles. The van der Waals surface area contributed by atoms with Gasteiger partial charge in [0.1, 0.15) is 0 Å². The molecule has 1 aromatic heterocycles. The SMILES string of the molecule is CCCCc1ccc(NC(=S)NNC(=O)/C=C/c2cccs2)cc1. The Labute approximate surface area is 151 Å². The molecule has 0 bridgehead atoms. The number of hydrogen-bond donors (Lipinski definition) is 3. The average molecular weight is 360 g/mol. The topological polar surface area (TPSA) is 53.2 Å². The van der Waals surface area contributed by atoms with Crippen LogP contribution in [-0.4, -0.2) is 11.0 Å². The molecule has 2 aromatic rings. The van der Waals surface area contributed by atoms with Gasteiger partial charge in [0.15, 0.2) is 5.11 Å². The molecule has 0 aliphatic rings. The zero-order valence-electron chi connectivity index (χ0n) is 13.5. The monoisotopic (exact) mass is 359 g/mol. The number of amides is 1. The first-order chi connectivity index (χ1) is 11.7. The van der Waals surface area contributed by atoms with Crippen molar-refractivity contribution in [3.8, 4) is 0 Å². The summed E-state index contributed by atoms with van der Waals surface area (Å²) in [6.07, 6.45) is 6.69. The summed E-state index contributed by atoms with van der Waals surface area (Å²) < 4.78 is 0. The number of hydrazine groups is 1. The number of rotatable bonds is 6. The minimum atomic E-state index is -0.262. The van der Waals surface area contributed by atoms with E-state index < -0.39 is 0 Å². The molecule has 0 aliphatic carbocycles. The number of carbonyl (C=O) groups excluding carboxylic acids is 1. The van der Waals surface area contributed by atoms with Crippen molar-refractivity contribution >= 4 is 46.3 Å². The van der Waals surface area contributed by atoms with Crippen molar-refractivity contribution in [1.82, 2.24) is 10.9 Å². The lowest BCUT2D eigenvalue weighted by Crippen LogP contribution is -2.43. The van der Waals surface area contributed by atoms with Crippen LogP contribution in [0.25, 0.3) is 6.08 Å². The average Bonchev–Trinajstić information content (AvgIpc) is 3.11. The highest BCUT2D eigenvalue weighted by atomic mass is 32.1. The Morgan fingerprint density at radius 1 is 1.21 bits per heavy atom. The van der Waals surface area contributed by atoms with Crippen LogP contribution in [0, 0.1) is 0 Å². The second-order valence-electron chi connectivity index (χ2n) is 5.22. The maximum absolute atomic E-state index is 11.7. The van der Waals surface area contributed by atoms with Crippen molar-refractivity contribution in [1.29, 1.82) is 0 Å². The van der Waals surface area contributed by atoms with Crippen LogP contribution in [0.3, 0.4) is 0 Å². The van der Waals surface area contributed by atoms with Crippen LogP contribution in [0.15, 0.2) is 47.9 Å². The Morgan fingerprint density at radius 2 is 2.00 bits per heavy atom. The van der Waals surface area contributed by atoms with Gasteiger partial charge in [-0.2, -0.15) is 0 Å². The summed E-state index contributed by atoms with van der Waals surface area (Å²) in [6.45, 7) is 2.18. The third kappa shape index (κ3) is 6.52. The van der Waals surface area contributed by atoms with E-state index >= 15 is 0 Å². The molecule has 0 radical (unpaired) electrons. The largest absolute Gasteiger partial charge is 0.331 e. The first-order valence-corrected chi connectivity index (χ1v) is 9.13. The van der Waals surface area contributed by atoms with Gasteiger partial charge >= 0.3 is 0 Å². The van der Waals surface area contributed by atoms with Gasteiger partial charge in [0, 0.05) is 16.6 Å². The minimum Gasteiger partial charge on any atom is -0.331 e. The predicted molar refractivity (Wildman–Crippen MR) is 106 cm³/mol. The fourth-order valence-corrected chi connectivity index (χ4v) is 2.79. The molecule has 0 unspecified atom stereocenters. The summed E-state index contributed by atoms with van der Waals surface area (Å²) >= 11 is 6.73. The number of unbranched alkanes of at least 4 members (excludes halogenated alkanes) is 1. The summed E-state index contributed by atoms with van der Waals surface area (Å²) in [5, 5.41) is 5.34. The van der Waals surface area contributed by atoms with E-state index in [4.69, 9.17) is 12.2 Å². The van der Waals surface area contributed by atoms with Crippen LogP contribution >= 0.6 is 23.6 Å². The van der Waals surface area contributed by atoms with Crippen LogP contribution in [-0.2, 0) is 11.2 Å². The lowest BCUT2D eigenvalue weighted by Gasteiger charge is -2.11. The molecule has 0 fully saturated rings. The van der Waals surface area contributed by atoms with Crippen molar-refractivity contribution in [3.05, 3.63) is 58.3 Å². The quantitative estimate of drug-likeness (QED) is 0.412. The molecule has 0 atom stereocenters. The summed E-state index contributed by atoms with van der Waals surface area (Å²) in [5.74, 6) is -0.262. The van der Waals surface area contributed by atoms with Crippen molar-refractivity contribution in [3.63, 3.8) is 0 Å². The lowest BCUT2D eigenvalue weighted by atomic mass is 10.1. The Hall–Kier alpha value is -2.18. The molecule has 0 spiro atoms. The molecule has 0 saturated heterocycles. The number of hydrogen-bond acceptors (Lipinski definition) is 3. The molecule has 0 saturated carbocycles. The maximum atomic E-state index is 11.7. The number of benzene rings is 1. The molecule has 6 heteroatoms. The molecule has 3 N–H and O–H groups in total. The molecule has 1 amide bonds. The first-order valence-electron chi connectivity index (χ1n) is 7.85. The van der Waals surface area contributed by atoms with Gasteiger partial charge in [0.05, 0.1) is 0 Å². The van der Waals surface area contributed by atoms with E-state index in [2.05, 4.69) is 35.2 Å². The third-order valence-corrected chi connectivity index (χ3v) is 4.31. The Kier molecular flexibility index (Phi) is 7.45. The van der Waals surface area contributed by atoms with Gasteiger partial charge in [-0.25, -0.2) is 0 Å². The van der Waals surface area contributed by atoms with Gasteiger partial charge in [0.25, 0.3) is 5.91 Å². The summed E-state index contributed by atoms with van der Waals surface area (Å²) in [6, 6.07) is 12.0. The Bertz CT molecular complexity index is 679. The molecule has 126 valence electrons. The van der Waals surface area contributed by atoms with Crippen LogP contribution in [0.5, 0.6) is 0 Å².